The van der Waals surface area contributed by atoms with Crippen LogP contribution >= 0.6 is 0 Å². The number of aromatic hydroxyl groups is 1. The summed E-state index contributed by atoms with van der Waals surface area (Å²) in [6, 6.07) is 2.07. The number of likely N-dealkylation sites (N-methyl/N-ethyl adjacent to an activating group) is 1. The molecule has 0 radical (unpaired) electrons. The first-order chi connectivity index (χ1) is 12.5. The van der Waals surface area contributed by atoms with Crippen molar-refractivity contribution >= 4 is 5.78 Å². The Kier molecular flexibility index (Phi) is 4.31. The fourth-order valence-corrected chi connectivity index (χ4v) is 6.55. The molecule has 5 atom stereocenters. The topological polar surface area (TPSA) is 55.8 Å². The van der Waals surface area contributed by atoms with Crippen molar-refractivity contribution in [2.75, 3.05) is 27.2 Å². The molecule has 6 heteroatoms. The van der Waals surface area contributed by atoms with Crippen molar-refractivity contribution in [3.8, 4) is 17.2 Å². The molecule has 27 heavy (non-hydrogen) atoms. The van der Waals surface area contributed by atoms with Crippen LogP contribution in [-0.2, 0) is 16.6 Å². The van der Waals surface area contributed by atoms with Gasteiger partial charge in [0.2, 0.25) is 0 Å². The number of quaternary nitrogens is 1. The van der Waals surface area contributed by atoms with Gasteiger partial charge in [-0.1, -0.05) is 6.58 Å². The third kappa shape index (κ3) is 2.17. The number of nitrogens with zero attached hydrogens (tertiary/aromatic N) is 1. The number of halogens is 1. The van der Waals surface area contributed by atoms with Crippen molar-refractivity contribution in [1.82, 2.24) is 0 Å². The maximum Gasteiger partial charge on any atom is 0.174 e. The highest BCUT2D eigenvalue weighted by atomic mass is 127. The van der Waals surface area contributed by atoms with Gasteiger partial charge in [0.05, 0.1) is 38.7 Å². The molecule has 1 saturated heterocycles. The summed E-state index contributed by atoms with van der Waals surface area (Å²) in [6.07, 6.45) is 4.85. The van der Waals surface area contributed by atoms with Crippen LogP contribution in [0.15, 0.2) is 18.7 Å². The molecule has 0 amide bonds. The zero-order chi connectivity index (χ0) is 18.3. The summed E-state index contributed by atoms with van der Waals surface area (Å²) in [5.41, 5.74) is 1.90. The summed E-state index contributed by atoms with van der Waals surface area (Å²) in [5.74, 6) is 1.93. The first kappa shape index (κ1) is 19.1. The first-order valence-electron chi connectivity index (χ1n) is 9.54. The lowest BCUT2D eigenvalue weighted by Gasteiger charge is -2.60. The van der Waals surface area contributed by atoms with Crippen molar-refractivity contribution in [2.24, 2.45) is 5.92 Å². The van der Waals surface area contributed by atoms with E-state index in [1.54, 1.807) is 13.2 Å². The zero-order valence-electron chi connectivity index (χ0n) is 15.8. The number of benzene rings is 1. The number of ketones is 1. The fourth-order valence-electron chi connectivity index (χ4n) is 6.55. The Balaban J connectivity index is 0.00000180. The van der Waals surface area contributed by atoms with Crippen LogP contribution in [0.2, 0.25) is 0 Å². The fraction of sp³-hybridized carbons (Fsp3) is 0.571. The minimum absolute atomic E-state index is 0. The number of rotatable bonds is 3. The SMILES string of the molecule is C=CC[N@+]1(C)CC[C@]23c4c5c(OC)cc(O)c4O[C@H]2C(=O)CC[C@H]3[C@H]1C5.[I-]. The van der Waals surface area contributed by atoms with Gasteiger partial charge >= 0.3 is 0 Å². The molecule has 4 aliphatic rings. The molecule has 146 valence electrons. The van der Waals surface area contributed by atoms with Crippen LogP contribution in [0.25, 0.3) is 0 Å². The van der Waals surface area contributed by atoms with Crippen LogP contribution in [0.3, 0.4) is 0 Å². The van der Waals surface area contributed by atoms with E-state index in [-0.39, 0.29) is 40.9 Å². The Labute approximate surface area is 176 Å². The monoisotopic (exact) mass is 483 g/mol. The van der Waals surface area contributed by atoms with Gasteiger partial charge in [-0.3, -0.25) is 4.79 Å². The van der Waals surface area contributed by atoms with E-state index in [4.69, 9.17) is 9.47 Å². The molecular weight excluding hydrogens is 457 g/mol. The second kappa shape index (κ2) is 6.11. The van der Waals surface area contributed by atoms with E-state index < -0.39 is 6.10 Å². The van der Waals surface area contributed by atoms with Gasteiger partial charge < -0.3 is 43.0 Å². The lowest BCUT2D eigenvalue weighted by atomic mass is 9.51. The normalized spacial score (nSPS) is 37.7. The molecule has 2 fully saturated rings. The lowest BCUT2D eigenvalue weighted by Crippen LogP contribution is -3.00. The van der Waals surface area contributed by atoms with E-state index >= 15 is 0 Å². The molecule has 1 saturated carbocycles. The van der Waals surface area contributed by atoms with Crippen molar-refractivity contribution in [3.05, 3.63) is 29.8 Å². The van der Waals surface area contributed by atoms with Crippen LogP contribution in [0.1, 0.15) is 30.4 Å². The third-order valence-electron chi connectivity index (χ3n) is 7.63. The molecule has 0 unspecified atom stereocenters. The number of methoxy groups -OCH3 is 1. The molecular formula is C21H26INO4. The summed E-state index contributed by atoms with van der Waals surface area (Å²) in [7, 11) is 3.97. The van der Waals surface area contributed by atoms with E-state index in [1.807, 2.05) is 6.08 Å². The summed E-state index contributed by atoms with van der Waals surface area (Å²) >= 11 is 0. The second-order valence-corrected chi connectivity index (χ2v) is 8.63. The molecule has 0 aromatic heterocycles. The van der Waals surface area contributed by atoms with E-state index in [9.17, 15) is 9.90 Å². The number of ether oxygens (including phenoxy) is 2. The molecule has 2 bridgehead atoms. The summed E-state index contributed by atoms with van der Waals surface area (Å²) in [5, 5.41) is 10.6. The van der Waals surface area contributed by atoms with Crippen LogP contribution < -0.4 is 33.5 Å². The number of hydrogen-bond acceptors (Lipinski definition) is 4. The van der Waals surface area contributed by atoms with Crippen LogP contribution in [0, 0.1) is 5.92 Å². The van der Waals surface area contributed by atoms with E-state index in [0.717, 1.165) is 53.7 Å². The van der Waals surface area contributed by atoms with Crippen LogP contribution in [-0.4, -0.2) is 54.8 Å². The molecule has 1 aromatic carbocycles. The molecule has 1 N–H and O–H groups in total. The van der Waals surface area contributed by atoms with E-state index in [2.05, 4.69) is 13.6 Å². The van der Waals surface area contributed by atoms with Crippen LogP contribution in [0.4, 0.5) is 0 Å². The van der Waals surface area contributed by atoms with Gasteiger partial charge in [0.15, 0.2) is 23.4 Å². The van der Waals surface area contributed by atoms with Gasteiger partial charge in [0.25, 0.3) is 0 Å². The number of carbonyl (C=O) groups excluding carboxylic acids is 1. The standard InChI is InChI=1S/C21H25NO4.HI/c1-4-8-22(2)9-7-21-13-5-6-15(23)20(21)26-19-16(24)11-17(25-3)12(18(19)21)10-14(13)22;/h4,11,13-14,20H,1,5-10H2,2-3H3;1H/t13-,14+,20-,21-,22+;/m0./s1. The zero-order valence-corrected chi connectivity index (χ0v) is 18.0. The van der Waals surface area contributed by atoms with E-state index in [0.29, 0.717) is 24.1 Å². The molecule has 5 rings (SSSR count). The number of hydrogen-bond donors (Lipinski definition) is 1. The van der Waals surface area contributed by atoms with Crippen molar-refractivity contribution in [1.29, 1.82) is 0 Å². The number of phenolic OH excluding ortho intramolecular Hbond substituents is 1. The number of piperidine rings is 1. The van der Waals surface area contributed by atoms with Crippen LogP contribution in [0.5, 0.6) is 17.2 Å². The highest BCUT2D eigenvalue weighted by Crippen LogP contribution is 2.65. The van der Waals surface area contributed by atoms with Gasteiger partial charge in [-0.2, -0.15) is 0 Å². The molecule has 1 spiro atoms. The maximum atomic E-state index is 12.8. The summed E-state index contributed by atoms with van der Waals surface area (Å²) in [6.45, 7) is 5.91. The molecule has 1 aromatic rings. The lowest BCUT2D eigenvalue weighted by molar-refractivity contribution is -0.939. The Morgan fingerprint density at radius 2 is 2.30 bits per heavy atom. The first-order valence-corrected chi connectivity index (χ1v) is 9.54. The van der Waals surface area contributed by atoms with Gasteiger partial charge in [-0.05, 0) is 12.5 Å². The minimum Gasteiger partial charge on any atom is -1.00 e. The Bertz CT molecular complexity index is 840. The predicted molar refractivity (Wildman–Crippen MR) is 96.7 cm³/mol. The highest BCUT2D eigenvalue weighted by Gasteiger charge is 2.69. The van der Waals surface area contributed by atoms with Gasteiger partial charge in [-0.25, -0.2) is 0 Å². The minimum atomic E-state index is -0.451. The summed E-state index contributed by atoms with van der Waals surface area (Å²) in [4.78, 5) is 12.8. The Hall–Kier alpha value is -1.28. The summed E-state index contributed by atoms with van der Waals surface area (Å²) < 4.78 is 12.8. The van der Waals surface area contributed by atoms with Gasteiger partial charge in [0.1, 0.15) is 5.75 Å². The average molecular weight is 483 g/mol. The quantitative estimate of drug-likeness (QED) is 0.353. The van der Waals surface area contributed by atoms with Crippen molar-refractivity contribution in [2.45, 2.75) is 43.2 Å². The van der Waals surface area contributed by atoms with Crippen molar-refractivity contribution in [3.63, 3.8) is 0 Å². The number of Topliss-reactive ketones (excluding diaryl/α,β-unsaturated/α-hetero) is 1. The molecule has 5 nitrogen and oxygen atoms in total. The smallest absolute Gasteiger partial charge is 0.174 e. The highest BCUT2D eigenvalue weighted by molar-refractivity contribution is 5.89. The second-order valence-electron chi connectivity index (χ2n) is 8.63. The number of phenols is 1. The maximum absolute atomic E-state index is 12.8. The molecule has 2 aliphatic heterocycles. The number of carbonyl (C=O) groups is 1. The van der Waals surface area contributed by atoms with Gasteiger partial charge in [0, 0.05) is 42.4 Å². The number of likely N-dealkylation sites (tertiary alicyclic amines) is 1. The van der Waals surface area contributed by atoms with Crippen molar-refractivity contribution < 1.29 is 47.8 Å². The Morgan fingerprint density at radius 3 is 3.00 bits per heavy atom. The Morgan fingerprint density at radius 1 is 1.52 bits per heavy atom. The van der Waals surface area contributed by atoms with E-state index in [1.165, 1.54) is 0 Å². The average Bonchev–Trinajstić information content (AvgIpc) is 2.97. The van der Waals surface area contributed by atoms with Gasteiger partial charge in [-0.15, -0.1) is 0 Å². The molecule has 2 aliphatic carbocycles. The predicted octanol–water partition coefficient (Wildman–Crippen LogP) is -0.656. The third-order valence-corrected chi connectivity index (χ3v) is 7.63. The molecule has 2 heterocycles. The largest absolute Gasteiger partial charge is 1.00 e.